The summed E-state index contributed by atoms with van der Waals surface area (Å²) in [5, 5.41) is 6.10. The molecular formula is C18H24N6O2. The molecule has 0 radical (unpaired) electrons. The largest absolute Gasteiger partial charge is 0.459 e. The molecule has 138 valence electrons. The molecule has 0 bridgehead atoms. The summed E-state index contributed by atoms with van der Waals surface area (Å²) in [5.41, 5.74) is 0. The second-order valence-corrected chi connectivity index (χ2v) is 5.87. The Hall–Kier alpha value is -3.03. The third kappa shape index (κ3) is 4.53. The number of hydrogen-bond donors (Lipinski definition) is 2. The molecule has 2 aromatic heterocycles. The lowest BCUT2D eigenvalue weighted by Gasteiger charge is -2.37. The van der Waals surface area contributed by atoms with Gasteiger partial charge in [-0.25, -0.2) is 4.98 Å². The summed E-state index contributed by atoms with van der Waals surface area (Å²) in [7, 11) is 1.77. The van der Waals surface area contributed by atoms with Crippen molar-refractivity contribution in [1.82, 2.24) is 20.5 Å². The first-order valence-electron chi connectivity index (χ1n) is 8.71. The molecule has 8 heteroatoms. The first-order valence-corrected chi connectivity index (χ1v) is 8.71. The van der Waals surface area contributed by atoms with E-state index in [1.165, 1.54) is 6.26 Å². The molecule has 8 nitrogen and oxygen atoms in total. The van der Waals surface area contributed by atoms with Crippen molar-refractivity contribution in [2.45, 2.75) is 0 Å². The van der Waals surface area contributed by atoms with E-state index in [4.69, 9.17) is 4.42 Å². The molecule has 2 aromatic rings. The molecule has 0 aliphatic carbocycles. The van der Waals surface area contributed by atoms with Gasteiger partial charge in [-0.1, -0.05) is 6.07 Å². The number of rotatable bonds is 5. The Kier molecular flexibility index (Phi) is 6.08. The highest BCUT2D eigenvalue weighted by Crippen LogP contribution is 2.12. The second kappa shape index (κ2) is 8.89. The average molecular weight is 356 g/mol. The quantitative estimate of drug-likeness (QED) is 0.468. The second-order valence-electron chi connectivity index (χ2n) is 5.87. The zero-order valence-corrected chi connectivity index (χ0v) is 14.9. The number of carbonyl (C=O) groups excluding carboxylic acids is 1. The van der Waals surface area contributed by atoms with Gasteiger partial charge in [-0.05, 0) is 24.3 Å². The van der Waals surface area contributed by atoms with Crippen LogP contribution in [0.4, 0.5) is 5.82 Å². The van der Waals surface area contributed by atoms with Crippen LogP contribution in [-0.2, 0) is 0 Å². The number of aliphatic imine (C=N–C) groups is 1. The topological polar surface area (TPSA) is 86.0 Å². The number of carbonyl (C=O) groups is 1. The molecule has 1 fully saturated rings. The minimum Gasteiger partial charge on any atom is -0.459 e. The lowest BCUT2D eigenvalue weighted by molar-refractivity contribution is 0.0926. The number of nitrogens with one attached hydrogen (secondary N) is 2. The van der Waals surface area contributed by atoms with E-state index in [-0.39, 0.29) is 5.91 Å². The number of aromatic nitrogens is 1. The Bertz CT molecular complexity index is 709. The Morgan fingerprint density at radius 1 is 1.15 bits per heavy atom. The van der Waals surface area contributed by atoms with E-state index >= 15 is 0 Å². The standard InChI is InChI=1S/C18H24N6O2/c1-19-18(22-9-8-21-17(25)15-5-4-14-26-15)24-12-10-23(11-13-24)16-6-2-3-7-20-16/h2-7,14H,8-13H2,1H3,(H,19,22)(H,21,25). The van der Waals surface area contributed by atoms with Crippen LogP contribution in [0.5, 0.6) is 0 Å². The molecular weight excluding hydrogens is 332 g/mol. The van der Waals surface area contributed by atoms with Gasteiger partial charge in [0.15, 0.2) is 11.7 Å². The van der Waals surface area contributed by atoms with Crippen molar-refractivity contribution < 1.29 is 9.21 Å². The van der Waals surface area contributed by atoms with Crippen molar-refractivity contribution in [3.8, 4) is 0 Å². The fraction of sp³-hybridized carbons (Fsp3) is 0.389. The van der Waals surface area contributed by atoms with Gasteiger partial charge in [0.1, 0.15) is 5.82 Å². The molecule has 2 N–H and O–H groups in total. The molecule has 1 saturated heterocycles. The van der Waals surface area contributed by atoms with Crippen LogP contribution in [-0.4, -0.2) is 68.1 Å². The summed E-state index contributed by atoms with van der Waals surface area (Å²) in [6.45, 7) is 4.62. The van der Waals surface area contributed by atoms with E-state index < -0.39 is 0 Å². The summed E-state index contributed by atoms with van der Waals surface area (Å²) < 4.78 is 5.06. The average Bonchev–Trinajstić information content (AvgIpc) is 3.24. The van der Waals surface area contributed by atoms with Crippen LogP contribution >= 0.6 is 0 Å². The number of piperazine rings is 1. The number of pyridine rings is 1. The first kappa shape index (κ1) is 17.8. The van der Waals surface area contributed by atoms with Gasteiger partial charge in [0.05, 0.1) is 6.26 Å². The van der Waals surface area contributed by atoms with Crippen LogP contribution in [0, 0.1) is 0 Å². The lowest BCUT2D eigenvalue weighted by Crippen LogP contribution is -2.53. The van der Waals surface area contributed by atoms with Gasteiger partial charge in [-0.2, -0.15) is 0 Å². The molecule has 0 atom stereocenters. The van der Waals surface area contributed by atoms with Gasteiger partial charge < -0.3 is 24.9 Å². The van der Waals surface area contributed by atoms with Gasteiger partial charge >= 0.3 is 0 Å². The van der Waals surface area contributed by atoms with Crippen LogP contribution in [0.1, 0.15) is 10.6 Å². The summed E-state index contributed by atoms with van der Waals surface area (Å²) in [6.07, 6.45) is 3.30. The predicted octanol–water partition coefficient (Wildman–Crippen LogP) is 0.802. The predicted molar refractivity (Wildman–Crippen MR) is 100 cm³/mol. The Morgan fingerprint density at radius 3 is 2.62 bits per heavy atom. The van der Waals surface area contributed by atoms with Crippen molar-refractivity contribution in [2.75, 3.05) is 51.2 Å². The van der Waals surface area contributed by atoms with Crippen LogP contribution in [0.2, 0.25) is 0 Å². The molecule has 1 aliphatic rings. The maximum absolute atomic E-state index is 11.8. The van der Waals surface area contributed by atoms with Crippen molar-refractivity contribution in [3.63, 3.8) is 0 Å². The summed E-state index contributed by atoms with van der Waals surface area (Å²) in [4.78, 5) is 25.0. The molecule has 3 heterocycles. The van der Waals surface area contributed by atoms with Gasteiger partial charge in [0, 0.05) is 52.5 Å². The molecule has 26 heavy (non-hydrogen) atoms. The van der Waals surface area contributed by atoms with Crippen molar-refractivity contribution >= 4 is 17.7 Å². The van der Waals surface area contributed by atoms with Crippen LogP contribution < -0.4 is 15.5 Å². The van der Waals surface area contributed by atoms with Crippen molar-refractivity contribution in [1.29, 1.82) is 0 Å². The molecule has 1 amide bonds. The number of guanidine groups is 1. The third-order valence-electron chi connectivity index (χ3n) is 4.20. The molecule has 1 aliphatic heterocycles. The maximum Gasteiger partial charge on any atom is 0.287 e. The highest BCUT2D eigenvalue weighted by atomic mass is 16.3. The smallest absolute Gasteiger partial charge is 0.287 e. The number of amides is 1. The van der Waals surface area contributed by atoms with Gasteiger partial charge in [0.25, 0.3) is 5.91 Å². The normalized spacial score (nSPS) is 15.0. The Labute approximate surface area is 152 Å². The minimum absolute atomic E-state index is 0.212. The van der Waals surface area contributed by atoms with Gasteiger partial charge in [-0.3, -0.25) is 9.79 Å². The van der Waals surface area contributed by atoms with E-state index in [1.807, 2.05) is 24.4 Å². The summed E-state index contributed by atoms with van der Waals surface area (Å²) >= 11 is 0. The van der Waals surface area contributed by atoms with E-state index in [0.717, 1.165) is 38.0 Å². The van der Waals surface area contributed by atoms with E-state index in [9.17, 15) is 4.79 Å². The first-order chi connectivity index (χ1) is 12.8. The number of furan rings is 1. The van der Waals surface area contributed by atoms with Crippen molar-refractivity contribution in [2.24, 2.45) is 4.99 Å². The SMILES string of the molecule is CN=C(NCCNC(=O)c1ccco1)N1CCN(c2ccccn2)CC1. The van der Waals surface area contributed by atoms with Gasteiger partial charge in [-0.15, -0.1) is 0 Å². The van der Waals surface area contributed by atoms with E-state index in [0.29, 0.717) is 18.8 Å². The Morgan fingerprint density at radius 2 is 1.96 bits per heavy atom. The highest BCUT2D eigenvalue weighted by Gasteiger charge is 2.20. The Balaban J connectivity index is 1.40. The molecule has 0 aromatic carbocycles. The number of hydrogen-bond acceptors (Lipinski definition) is 5. The highest BCUT2D eigenvalue weighted by molar-refractivity contribution is 5.91. The molecule has 0 saturated carbocycles. The molecule has 0 unspecified atom stereocenters. The van der Waals surface area contributed by atoms with Crippen molar-refractivity contribution in [3.05, 3.63) is 48.6 Å². The maximum atomic E-state index is 11.8. The minimum atomic E-state index is -0.212. The van der Waals surface area contributed by atoms with E-state index in [2.05, 4.69) is 30.4 Å². The fourth-order valence-electron chi connectivity index (χ4n) is 2.87. The van der Waals surface area contributed by atoms with E-state index in [1.54, 1.807) is 19.2 Å². The third-order valence-corrected chi connectivity index (χ3v) is 4.20. The molecule has 3 rings (SSSR count). The zero-order chi connectivity index (χ0) is 18.2. The van der Waals surface area contributed by atoms with Crippen LogP contribution in [0.15, 0.2) is 52.2 Å². The fourth-order valence-corrected chi connectivity index (χ4v) is 2.87. The molecule has 0 spiro atoms. The lowest BCUT2D eigenvalue weighted by atomic mass is 10.3. The summed E-state index contributed by atoms with van der Waals surface area (Å²) in [5.74, 6) is 1.96. The van der Waals surface area contributed by atoms with Crippen LogP contribution in [0.25, 0.3) is 0 Å². The zero-order valence-electron chi connectivity index (χ0n) is 14.9. The number of anilines is 1. The monoisotopic (exact) mass is 356 g/mol. The van der Waals surface area contributed by atoms with Crippen LogP contribution in [0.3, 0.4) is 0 Å². The summed E-state index contributed by atoms with van der Waals surface area (Å²) in [6, 6.07) is 9.30. The van der Waals surface area contributed by atoms with Gasteiger partial charge in [0.2, 0.25) is 0 Å². The number of nitrogens with zero attached hydrogens (tertiary/aromatic N) is 4.